The van der Waals surface area contributed by atoms with E-state index in [-0.39, 0.29) is 19.3 Å². The van der Waals surface area contributed by atoms with E-state index in [1.165, 1.54) is 0 Å². The minimum atomic E-state index is -0.252. The molecule has 0 fully saturated rings. The molecule has 2 aromatic rings. The van der Waals surface area contributed by atoms with Gasteiger partial charge in [0, 0.05) is 17.4 Å². The van der Waals surface area contributed by atoms with Gasteiger partial charge >= 0.3 is 0 Å². The molecule has 0 bridgehead atoms. The molecule has 1 aliphatic heterocycles. The SMILES string of the molecule is Nc1ccc(NC(=O)COc2ccc3c(c2)OCO3)cc1. The number of anilines is 2. The number of hydrogen-bond donors (Lipinski definition) is 2. The van der Waals surface area contributed by atoms with Gasteiger partial charge in [-0.3, -0.25) is 4.79 Å². The molecule has 0 saturated carbocycles. The van der Waals surface area contributed by atoms with Gasteiger partial charge in [0.15, 0.2) is 18.1 Å². The first kappa shape index (κ1) is 13.1. The average Bonchev–Trinajstić information content (AvgIpc) is 2.95. The summed E-state index contributed by atoms with van der Waals surface area (Å²) < 4.78 is 15.9. The highest BCUT2D eigenvalue weighted by Crippen LogP contribution is 2.35. The molecule has 1 heterocycles. The lowest BCUT2D eigenvalue weighted by Gasteiger charge is -2.08. The van der Waals surface area contributed by atoms with Crippen LogP contribution < -0.4 is 25.3 Å². The van der Waals surface area contributed by atoms with Crippen LogP contribution in [0.4, 0.5) is 11.4 Å². The van der Waals surface area contributed by atoms with Crippen molar-refractivity contribution >= 4 is 17.3 Å². The zero-order valence-corrected chi connectivity index (χ0v) is 11.2. The van der Waals surface area contributed by atoms with E-state index in [2.05, 4.69) is 5.32 Å². The standard InChI is InChI=1S/C15H14N2O4/c16-10-1-3-11(4-2-10)17-15(18)8-19-12-5-6-13-14(7-12)21-9-20-13/h1-7H,8-9,16H2,(H,17,18). The van der Waals surface area contributed by atoms with Gasteiger partial charge < -0.3 is 25.3 Å². The first-order valence-corrected chi connectivity index (χ1v) is 6.38. The van der Waals surface area contributed by atoms with Crippen LogP contribution in [0.2, 0.25) is 0 Å². The van der Waals surface area contributed by atoms with Gasteiger partial charge in [-0.25, -0.2) is 0 Å². The minimum absolute atomic E-state index is 0.0932. The number of nitrogen functional groups attached to an aromatic ring is 1. The second-order valence-electron chi connectivity index (χ2n) is 4.47. The number of nitrogens with one attached hydrogen (secondary N) is 1. The summed E-state index contributed by atoms with van der Waals surface area (Å²) in [6, 6.07) is 12.1. The van der Waals surface area contributed by atoms with Crippen LogP contribution in [0.1, 0.15) is 0 Å². The number of rotatable bonds is 4. The summed E-state index contributed by atoms with van der Waals surface area (Å²) in [6.07, 6.45) is 0. The van der Waals surface area contributed by atoms with Crippen LogP contribution in [0.25, 0.3) is 0 Å². The number of nitrogens with two attached hydrogens (primary N) is 1. The monoisotopic (exact) mass is 286 g/mol. The number of amides is 1. The number of ether oxygens (including phenoxy) is 3. The fraction of sp³-hybridized carbons (Fsp3) is 0.133. The molecule has 0 radical (unpaired) electrons. The maximum absolute atomic E-state index is 11.8. The van der Waals surface area contributed by atoms with Crippen LogP contribution in [-0.4, -0.2) is 19.3 Å². The molecule has 1 amide bonds. The Morgan fingerprint density at radius 1 is 1.14 bits per heavy atom. The van der Waals surface area contributed by atoms with Crippen LogP contribution in [0, 0.1) is 0 Å². The molecule has 0 saturated heterocycles. The van der Waals surface area contributed by atoms with Crippen molar-refractivity contribution in [2.45, 2.75) is 0 Å². The average molecular weight is 286 g/mol. The Hall–Kier alpha value is -2.89. The summed E-state index contributed by atoms with van der Waals surface area (Å²) >= 11 is 0. The van der Waals surface area contributed by atoms with Gasteiger partial charge in [-0.2, -0.15) is 0 Å². The smallest absolute Gasteiger partial charge is 0.262 e. The first-order valence-electron chi connectivity index (χ1n) is 6.38. The summed E-state index contributed by atoms with van der Waals surface area (Å²) in [5.74, 6) is 1.59. The van der Waals surface area contributed by atoms with Crippen LogP contribution in [0.3, 0.4) is 0 Å². The zero-order valence-electron chi connectivity index (χ0n) is 11.2. The van der Waals surface area contributed by atoms with Gasteiger partial charge in [0.2, 0.25) is 6.79 Å². The van der Waals surface area contributed by atoms with E-state index in [1.54, 1.807) is 42.5 Å². The third-order valence-electron chi connectivity index (χ3n) is 2.91. The van der Waals surface area contributed by atoms with E-state index in [9.17, 15) is 4.79 Å². The lowest BCUT2D eigenvalue weighted by Crippen LogP contribution is -2.20. The Bertz CT molecular complexity index is 655. The van der Waals surface area contributed by atoms with Crippen LogP contribution in [0.5, 0.6) is 17.2 Å². The van der Waals surface area contributed by atoms with Crippen molar-refractivity contribution in [1.82, 2.24) is 0 Å². The van der Waals surface area contributed by atoms with Crippen molar-refractivity contribution in [2.75, 3.05) is 24.5 Å². The molecule has 0 atom stereocenters. The molecule has 21 heavy (non-hydrogen) atoms. The largest absolute Gasteiger partial charge is 0.484 e. The highest BCUT2D eigenvalue weighted by atomic mass is 16.7. The topological polar surface area (TPSA) is 82.8 Å². The Balaban J connectivity index is 1.55. The van der Waals surface area contributed by atoms with E-state index in [4.69, 9.17) is 19.9 Å². The molecule has 6 nitrogen and oxygen atoms in total. The van der Waals surface area contributed by atoms with Gasteiger partial charge in [0.1, 0.15) is 5.75 Å². The molecular weight excluding hydrogens is 272 g/mol. The number of benzene rings is 2. The quantitative estimate of drug-likeness (QED) is 0.840. The number of carbonyl (C=O) groups excluding carboxylic acids is 1. The number of carbonyl (C=O) groups is 1. The fourth-order valence-corrected chi connectivity index (χ4v) is 1.88. The number of fused-ring (bicyclic) bond motifs is 1. The van der Waals surface area contributed by atoms with Crippen LogP contribution in [-0.2, 0) is 4.79 Å². The molecule has 0 spiro atoms. The second-order valence-corrected chi connectivity index (χ2v) is 4.47. The normalized spacial score (nSPS) is 12.0. The summed E-state index contributed by atoms with van der Waals surface area (Å²) in [6.45, 7) is 0.112. The van der Waals surface area contributed by atoms with Crippen molar-refractivity contribution < 1.29 is 19.0 Å². The molecule has 108 valence electrons. The summed E-state index contributed by atoms with van der Waals surface area (Å²) in [5, 5.41) is 2.72. The predicted molar refractivity (Wildman–Crippen MR) is 77.5 cm³/mol. The van der Waals surface area contributed by atoms with E-state index in [0.29, 0.717) is 28.6 Å². The van der Waals surface area contributed by atoms with Crippen molar-refractivity contribution in [2.24, 2.45) is 0 Å². The van der Waals surface area contributed by atoms with Crippen molar-refractivity contribution in [1.29, 1.82) is 0 Å². The van der Waals surface area contributed by atoms with Crippen LogP contribution >= 0.6 is 0 Å². The van der Waals surface area contributed by atoms with Gasteiger partial charge in [-0.1, -0.05) is 0 Å². The second kappa shape index (κ2) is 5.62. The highest BCUT2D eigenvalue weighted by Gasteiger charge is 2.14. The van der Waals surface area contributed by atoms with E-state index < -0.39 is 0 Å². The van der Waals surface area contributed by atoms with Crippen molar-refractivity contribution in [3.05, 3.63) is 42.5 Å². The van der Waals surface area contributed by atoms with Gasteiger partial charge in [-0.05, 0) is 36.4 Å². The third kappa shape index (κ3) is 3.17. The van der Waals surface area contributed by atoms with Gasteiger partial charge in [0.05, 0.1) is 0 Å². The van der Waals surface area contributed by atoms with E-state index in [1.807, 2.05) is 0 Å². The molecule has 1 aliphatic rings. The van der Waals surface area contributed by atoms with E-state index in [0.717, 1.165) is 0 Å². The first-order chi connectivity index (χ1) is 10.2. The molecule has 6 heteroatoms. The molecule has 3 N–H and O–H groups in total. The predicted octanol–water partition coefficient (Wildman–Crippen LogP) is 2.01. The minimum Gasteiger partial charge on any atom is -0.484 e. The number of hydrogen-bond acceptors (Lipinski definition) is 5. The summed E-state index contributed by atoms with van der Waals surface area (Å²) in [5.41, 5.74) is 6.89. The maximum atomic E-state index is 11.8. The Morgan fingerprint density at radius 2 is 1.90 bits per heavy atom. The van der Waals surface area contributed by atoms with Crippen LogP contribution in [0.15, 0.2) is 42.5 Å². The third-order valence-corrected chi connectivity index (χ3v) is 2.91. The Kier molecular flexibility index (Phi) is 3.51. The Labute approximate surface area is 121 Å². The molecule has 0 aliphatic carbocycles. The summed E-state index contributed by atoms with van der Waals surface area (Å²) in [4.78, 5) is 11.8. The fourth-order valence-electron chi connectivity index (χ4n) is 1.88. The molecule has 0 unspecified atom stereocenters. The lowest BCUT2D eigenvalue weighted by atomic mass is 10.3. The summed E-state index contributed by atoms with van der Waals surface area (Å²) in [7, 11) is 0. The lowest BCUT2D eigenvalue weighted by molar-refractivity contribution is -0.118. The molecule has 2 aromatic carbocycles. The van der Waals surface area contributed by atoms with Gasteiger partial charge in [-0.15, -0.1) is 0 Å². The molecule has 3 rings (SSSR count). The Morgan fingerprint density at radius 3 is 2.71 bits per heavy atom. The van der Waals surface area contributed by atoms with E-state index >= 15 is 0 Å². The van der Waals surface area contributed by atoms with Crippen molar-refractivity contribution in [3.8, 4) is 17.2 Å². The molecule has 0 aromatic heterocycles. The van der Waals surface area contributed by atoms with Crippen molar-refractivity contribution in [3.63, 3.8) is 0 Å². The maximum Gasteiger partial charge on any atom is 0.262 e. The zero-order chi connectivity index (χ0) is 14.7. The van der Waals surface area contributed by atoms with Gasteiger partial charge in [0.25, 0.3) is 5.91 Å². The highest BCUT2D eigenvalue weighted by molar-refractivity contribution is 5.92. The molecular formula is C15H14N2O4.